The van der Waals surface area contributed by atoms with Gasteiger partial charge in [-0.05, 0) is 57.5 Å². The lowest BCUT2D eigenvalue weighted by Gasteiger charge is -2.24. The summed E-state index contributed by atoms with van der Waals surface area (Å²) < 4.78 is 0. The molecule has 3 atom stereocenters. The van der Waals surface area contributed by atoms with Crippen LogP contribution in [0.5, 0.6) is 0 Å². The van der Waals surface area contributed by atoms with Crippen molar-refractivity contribution in [3.05, 3.63) is 0 Å². The summed E-state index contributed by atoms with van der Waals surface area (Å²) in [6.07, 6.45) is 3.95. The van der Waals surface area contributed by atoms with Crippen molar-refractivity contribution >= 4 is 17.8 Å². The Kier molecular flexibility index (Phi) is 13.5. The van der Waals surface area contributed by atoms with Gasteiger partial charge in [-0.15, -0.1) is 0 Å². The van der Waals surface area contributed by atoms with Crippen LogP contribution in [0.3, 0.4) is 0 Å². The molecule has 3 unspecified atom stereocenters. The number of carbonyl (C=O) groups excluding carboxylic acids is 2. The topological polar surface area (TPSA) is 174 Å². The van der Waals surface area contributed by atoms with E-state index >= 15 is 0 Å². The minimum atomic E-state index is -1.10. The third-order valence-electron chi connectivity index (χ3n) is 4.21. The lowest BCUT2D eigenvalue weighted by molar-refractivity contribution is -0.142. The Morgan fingerprint density at radius 3 is 1.85 bits per heavy atom. The van der Waals surface area contributed by atoms with Crippen LogP contribution in [0.2, 0.25) is 0 Å². The van der Waals surface area contributed by atoms with Crippen molar-refractivity contribution < 1.29 is 19.5 Å². The Balaban J connectivity index is 4.86. The number of nitrogens with one attached hydrogen (secondary N) is 2. The Bertz CT molecular complexity index is 459. The molecule has 0 aromatic carbocycles. The van der Waals surface area contributed by atoms with Crippen molar-refractivity contribution in [2.75, 3.05) is 13.1 Å². The lowest BCUT2D eigenvalue weighted by atomic mass is 10.0. The van der Waals surface area contributed by atoms with E-state index in [1.807, 2.05) is 13.8 Å². The second-order valence-corrected chi connectivity index (χ2v) is 7.27. The van der Waals surface area contributed by atoms with Crippen LogP contribution < -0.4 is 27.8 Å². The van der Waals surface area contributed by atoms with Gasteiger partial charge in [0.2, 0.25) is 11.8 Å². The molecule has 0 saturated carbocycles. The van der Waals surface area contributed by atoms with Crippen molar-refractivity contribution in [2.24, 2.45) is 23.1 Å². The number of carboxylic acids is 1. The van der Waals surface area contributed by atoms with Gasteiger partial charge in [0, 0.05) is 0 Å². The van der Waals surface area contributed by atoms with Gasteiger partial charge in [-0.25, -0.2) is 4.79 Å². The molecule has 0 radical (unpaired) electrons. The molecule has 9 N–H and O–H groups in total. The van der Waals surface area contributed by atoms with Crippen molar-refractivity contribution in [3.63, 3.8) is 0 Å². The molecule has 27 heavy (non-hydrogen) atoms. The predicted molar refractivity (Wildman–Crippen MR) is 105 cm³/mol. The van der Waals surface area contributed by atoms with Gasteiger partial charge in [-0.3, -0.25) is 9.59 Å². The summed E-state index contributed by atoms with van der Waals surface area (Å²) in [6, 6.07) is -2.55. The number of nitrogens with two attached hydrogens (primary N) is 3. The smallest absolute Gasteiger partial charge is 0.326 e. The molecular formula is C18H37N5O4. The molecule has 0 aromatic rings. The minimum Gasteiger partial charge on any atom is -0.480 e. The van der Waals surface area contributed by atoms with E-state index < -0.39 is 35.9 Å². The van der Waals surface area contributed by atoms with Gasteiger partial charge in [0.1, 0.15) is 12.1 Å². The molecule has 0 heterocycles. The average Bonchev–Trinajstić information content (AvgIpc) is 2.59. The summed E-state index contributed by atoms with van der Waals surface area (Å²) in [5.74, 6) is -1.89. The second-order valence-electron chi connectivity index (χ2n) is 7.27. The fourth-order valence-electron chi connectivity index (χ4n) is 2.64. The molecule has 0 bridgehead atoms. The zero-order chi connectivity index (χ0) is 20.8. The van der Waals surface area contributed by atoms with Crippen LogP contribution in [0.1, 0.15) is 58.8 Å². The highest BCUT2D eigenvalue weighted by Gasteiger charge is 2.28. The molecule has 2 amide bonds. The van der Waals surface area contributed by atoms with Crippen LogP contribution >= 0.6 is 0 Å². The molecule has 0 rings (SSSR count). The highest BCUT2D eigenvalue weighted by Crippen LogP contribution is 2.08. The maximum Gasteiger partial charge on any atom is 0.326 e. The number of carboxylic acid groups (broad SMARTS) is 1. The zero-order valence-electron chi connectivity index (χ0n) is 16.6. The van der Waals surface area contributed by atoms with Gasteiger partial charge < -0.3 is 32.9 Å². The van der Waals surface area contributed by atoms with Crippen LogP contribution in [-0.4, -0.2) is 54.1 Å². The van der Waals surface area contributed by atoms with Crippen molar-refractivity contribution in [2.45, 2.75) is 76.9 Å². The molecule has 9 heteroatoms. The zero-order valence-corrected chi connectivity index (χ0v) is 16.6. The molecule has 0 spiro atoms. The molecule has 0 aliphatic rings. The molecule has 158 valence electrons. The van der Waals surface area contributed by atoms with E-state index in [9.17, 15) is 19.5 Å². The SMILES string of the molecule is CC(C)CC(NC(=O)C(N)CCCCN)C(=O)NC(CCCCN)C(=O)O. The summed E-state index contributed by atoms with van der Waals surface area (Å²) in [5.41, 5.74) is 16.7. The first-order valence-electron chi connectivity index (χ1n) is 9.72. The van der Waals surface area contributed by atoms with E-state index in [0.717, 1.165) is 12.8 Å². The Hall–Kier alpha value is -1.71. The molecule has 0 saturated heterocycles. The van der Waals surface area contributed by atoms with E-state index in [4.69, 9.17) is 17.2 Å². The first kappa shape index (κ1) is 25.3. The summed E-state index contributed by atoms with van der Waals surface area (Å²) in [4.78, 5) is 36.2. The van der Waals surface area contributed by atoms with E-state index in [0.29, 0.717) is 45.2 Å². The maximum absolute atomic E-state index is 12.6. The Labute approximate surface area is 161 Å². The van der Waals surface area contributed by atoms with Crippen molar-refractivity contribution in [1.82, 2.24) is 10.6 Å². The normalized spacial score (nSPS) is 14.4. The van der Waals surface area contributed by atoms with Crippen LogP contribution in [0.15, 0.2) is 0 Å². The van der Waals surface area contributed by atoms with Gasteiger partial charge in [-0.1, -0.05) is 20.3 Å². The molecule has 0 aromatic heterocycles. The quantitative estimate of drug-likeness (QED) is 0.209. The average molecular weight is 388 g/mol. The number of carbonyl (C=O) groups is 3. The monoisotopic (exact) mass is 387 g/mol. The predicted octanol–water partition coefficient (Wildman–Crippen LogP) is -0.328. The van der Waals surface area contributed by atoms with Gasteiger partial charge in [0.05, 0.1) is 6.04 Å². The van der Waals surface area contributed by atoms with E-state index in [1.54, 1.807) is 0 Å². The Morgan fingerprint density at radius 2 is 1.37 bits per heavy atom. The molecular weight excluding hydrogens is 350 g/mol. The maximum atomic E-state index is 12.6. The first-order valence-corrected chi connectivity index (χ1v) is 9.72. The number of unbranched alkanes of at least 4 members (excludes halogenated alkanes) is 2. The minimum absolute atomic E-state index is 0.134. The van der Waals surface area contributed by atoms with E-state index in [1.165, 1.54) is 0 Å². The third-order valence-corrected chi connectivity index (χ3v) is 4.21. The molecule has 9 nitrogen and oxygen atoms in total. The standard InChI is InChI=1S/C18H37N5O4/c1-12(2)11-15(23-16(24)13(21)7-3-5-9-19)17(25)22-14(18(26)27)8-4-6-10-20/h12-15H,3-11,19-21H2,1-2H3,(H,22,25)(H,23,24)(H,26,27). The fraction of sp³-hybridized carbons (Fsp3) is 0.833. The number of hydrogen-bond donors (Lipinski definition) is 6. The van der Waals surface area contributed by atoms with Crippen LogP contribution in [-0.2, 0) is 14.4 Å². The first-order chi connectivity index (χ1) is 12.7. The summed E-state index contributed by atoms with van der Waals surface area (Å²) in [7, 11) is 0. The largest absolute Gasteiger partial charge is 0.480 e. The van der Waals surface area contributed by atoms with Gasteiger partial charge >= 0.3 is 5.97 Å². The third kappa shape index (κ3) is 11.6. The van der Waals surface area contributed by atoms with Gasteiger partial charge in [-0.2, -0.15) is 0 Å². The fourth-order valence-corrected chi connectivity index (χ4v) is 2.64. The Morgan fingerprint density at radius 1 is 0.852 bits per heavy atom. The lowest BCUT2D eigenvalue weighted by Crippen LogP contribution is -2.54. The summed E-state index contributed by atoms with van der Waals surface area (Å²) >= 11 is 0. The number of rotatable bonds is 15. The van der Waals surface area contributed by atoms with Crippen LogP contribution in [0.4, 0.5) is 0 Å². The highest BCUT2D eigenvalue weighted by atomic mass is 16.4. The molecule has 0 aliphatic carbocycles. The summed E-state index contributed by atoms with van der Waals surface area (Å²) in [5, 5.41) is 14.5. The van der Waals surface area contributed by atoms with E-state index in [-0.39, 0.29) is 5.92 Å². The number of hydrogen-bond acceptors (Lipinski definition) is 6. The molecule has 0 fully saturated rings. The van der Waals surface area contributed by atoms with Gasteiger partial charge in [0.15, 0.2) is 0 Å². The van der Waals surface area contributed by atoms with Crippen LogP contribution in [0.25, 0.3) is 0 Å². The van der Waals surface area contributed by atoms with Gasteiger partial charge in [0.25, 0.3) is 0 Å². The number of amides is 2. The van der Waals surface area contributed by atoms with E-state index in [2.05, 4.69) is 10.6 Å². The molecule has 0 aliphatic heterocycles. The van der Waals surface area contributed by atoms with Crippen molar-refractivity contribution in [1.29, 1.82) is 0 Å². The number of aliphatic carboxylic acids is 1. The van der Waals surface area contributed by atoms with Crippen molar-refractivity contribution in [3.8, 4) is 0 Å². The second kappa shape index (κ2) is 14.4. The summed E-state index contributed by atoms with van der Waals surface area (Å²) in [6.45, 7) is 4.84. The van der Waals surface area contributed by atoms with Crippen LogP contribution in [0, 0.1) is 5.92 Å². The highest BCUT2D eigenvalue weighted by molar-refractivity contribution is 5.91.